The van der Waals surface area contributed by atoms with Gasteiger partial charge in [-0.2, -0.15) is 0 Å². The van der Waals surface area contributed by atoms with Crippen molar-refractivity contribution in [3.8, 4) is 0 Å². The van der Waals surface area contributed by atoms with Gasteiger partial charge in [-0.05, 0) is 31.4 Å². The van der Waals surface area contributed by atoms with Crippen LogP contribution in [0.1, 0.15) is 18.4 Å². The Balaban J connectivity index is 1.72. The molecule has 1 saturated heterocycles. The number of sulfone groups is 1. The Kier molecular flexibility index (Phi) is 5.18. The number of aryl methyl sites for hydroxylation is 1. The molecule has 1 heterocycles. The molecule has 1 N–H and O–H groups in total. The van der Waals surface area contributed by atoms with E-state index in [9.17, 15) is 18.0 Å². The van der Waals surface area contributed by atoms with E-state index in [1.54, 1.807) is 12.1 Å². The zero-order valence-corrected chi connectivity index (χ0v) is 13.2. The van der Waals surface area contributed by atoms with E-state index in [-0.39, 0.29) is 30.5 Å². The standard InChI is InChI=1S/C15H19NO5S/c1-11-2-4-13(5-3-11)16-14(17)9-21-15(18)8-12-6-7-22(19,20)10-12/h2-5,12H,6-10H2,1H3,(H,16,17)/t12-/m0/s1. The van der Waals surface area contributed by atoms with Gasteiger partial charge >= 0.3 is 5.97 Å². The molecule has 1 atom stereocenters. The third-order valence-electron chi connectivity index (χ3n) is 3.48. The van der Waals surface area contributed by atoms with Crippen LogP contribution in [-0.2, 0) is 24.2 Å². The summed E-state index contributed by atoms with van der Waals surface area (Å²) in [6.07, 6.45) is 0.518. The zero-order valence-electron chi connectivity index (χ0n) is 12.4. The number of hydrogen-bond acceptors (Lipinski definition) is 5. The topological polar surface area (TPSA) is 89.5 Å². The maximum atomic E-state index is 11.7. The summed E-state index contributed by atoms with van der Waals surface area (Å²) in [7, 11) is -3.00. The summed E-state index contributed by atoms with van der Waals surface area (Å²) in [5, 5.41) is 2.62. The van der Waals surface area contributed by atoms with Crippen LogP contribution in [0, 0.1) is 12.8 Å². The molecule has 7 heteroatoms. The normalized spacial score (nSPS) is 19.6. The number of hydrogen-bond donors (Lipinski definition) is 1. The molecule has 1 aromatic carbocycles. The van der Waals surface area contributed by atoms with Crippen molar-refractivity contribution in [2.24, 2.45) is 5.92 Å². The Morgan fingerprint density at radius 1 is 1.27 bits per heavy atom. The lowest BCUT2D eigenvalue weighted by Gasteiger charge is -2.09. The third kappa shape index (κ3) is 5.14. The van der Waals surface area contributed by atoms with Crippen LogP contribution in [0.15, 0.2) is 24.3 Å². The van der Waals surface area contributed by atoms with E-state index in [0.29, 0.717) is 12.1 Å². The van der Waals surface area contributed by atoms with Crippen LogP contribution < -0.4 is 5.32 Å². The molecule has 2 rings (SSSR count). The molecule has 1 aromatic rings. The molecule has 1 fully saturated rings. The minimum Gasteiger partial charge on any atom is -0.456 e. The van der Waals surface area contributed by atoms with E-state index in [4.69, 9.17) is 4.74 Å². The highest BCUT2D eigenvalue weighted by atomic mass is 32.2. The quantitative estimate of drug-likeness (QED) is 0.824. The molecule has 1 aliphatic rings. The number of benzene rings is 1. The van der Waals surface area contributed by atoms with Gasteiger partial charge in [-0.15, -0.1) is 0 Å². The third-order valence-corrected chi connectivity index (χ3v) is 5.32. The van der Waals surface area contributed by atoms with Gasteiger partial charge in [-0.25, -0.2) is 8.42 Å². The van der Waals surface area contributed by atoms with Crippen molar-refractivity contribution in [2.45, 2.75) is 19.8 Å². The molecule has 0 unspecified atom stereocenters. The van der Waals surface area contributed by atoms with Crippen LogP contribution in [0.5, 0.6) is 0 Å². The first kappa shape index (κ1) is 16.5. The molecule has 0 aliphatic carbocycles. The molecule has 0 bridgehead atoms. The Hall–Kier alpha value is -1.89. The Bertz CT molecular complexity index is 651. The smallest absolute Gasteiger partial charge is 0.306 e. The van der Waals surface area contributed by atoms with Crippen molar-refractivity contribution in [3.63, 3.8) is 0 Å². The minimum absolute atomic E-state index is 0.0255. The van der Waals surface area contributed by atoms with E-state index in [1.807, 2.05) is 19.1 Å². The maximum absolute atomic E-state index is 11.7. The SMILES string of the molecule is Cc1ccc(NC(=O)COC(=O)C[C@@H]2CCS(=O)(=O)C2)cc1. The second-order valence-corrected chi connectivity index (χ2v) is 7.78. The van der Waals surface area contributed by atoms with Gasteiger partial charge in [0.05, 0.1) is 11.5 Å². The first-order valence-electron chi connectivity index (χ1n) is 7.06. The summed E-state index contributed by atoms with van der Waals surface area (Å²) < 4.78 is 27.5. The zero-order chi connectivity index (χ0) is 16.2. The first-order chi connectivity index (χ1) is 10.3. The Morgan fingerprint density at radius 3 is 2.55 bits per heavy atom. The lowest BCUT2D eigenvalue weighted by atomic mass is 10.1. The van der Waals surface area contributed by atoms with Crippen molar-refractivity contribution in [2.75, 3.05) is 23.4 Å². The lowest BCUT2D eigenvalue weighted by molar-refractivity contribution is -0.148. The fourth-order valence-electron chi connectivity index (χ4n) is 2.31. The van der Waals surface area contributed by atoms with Crippen molar-refractivity contribution in [1.29, 1.82) is 0 Å². The van der Waals surface area contributed by atoms with Crippen LogP contribution >= 0.6 is 0 Å². The largest absolute Gasteiger partial charge is 0.456 e. The molecule has 0 saturated carbocycles. The van der Waals surface area contributed by atoms with Gasteiger partial charge in [0.15, 0.2) is 16.4 Å². The summed E-state index contributed by atoms with van der Waals surface area (Å²) in [6.45, 7) is 1.57. The molecule has 22 heavy (non-hydrogen) atoms. The summed E-state index contributed by atoms with van der Waals surface area (Å²) >= 11 is 0. The number of esters is 1. The van der Waals surface area contributed by atoms with E-state index < -0.39 is 21.7 Å². The summed E-state index contributed by atoms with van der Waals surface area (Å²) in [5.74, 6) is -1.01. The highest BCUT2D eigenvalue weighted by molar-refractivity contribution is 7.91. The number of amides is 1. The first-order valence-corrected chi connectivity index (χ1v) is 8.89. The number of anilines is 1. The molecular formula is C15H19NO5S. The van der Waals surface area contributed by atoms with Gasteiger partial charge < -0.3 is 10.1 Å². The lowest BCUT2D eigenvalue weighted by Crippen LogP contribution is -2.22. The van der Waals surface area contributed by atoms with Gasteiger partial charge in [0.2, 0.25) is 0 Å². The van der Waals surface area contributed by atoms with Crippen LogP contribution in [0.3, 0.4) is 0 Å². The van der Waals surface area contributed by atoms with Gasteiger partial charge in [0.25, 0.3) is 5.91 Å². The van der Waals surface area contributed by atoms with Crippen LogP contribution in [0.25, 0.3) is 0 Å². The Morgan fingerprint density at radius 2 is 1.95 bits per heavy atom. The van der Waals surface area contributed by atoms with Crippen molar-refractivity contribution < 1.29 is 22.7 Å². The van der Waals surface area contributed by atoms with E-state index in [0.717, 1.165) is 5.56 Å². The molecular weight excluding hydrogens is 306 g/mol. The fourth-order valence-corrected chi connectivity index (χ4v) is 4.17. The number of nitrogens with one attached hydrogen (secondary N) is 1. The van der Waals surface area contributed by atoms with Crippen LogP contribution in [0.4, 0.5) is 5.69 Å². The summed E-state index contributed by atoms with van der Waals surface area (Å²) in [5.41, 5.74) is 1.71. The average molecular weight is 325 g/mol. The fraction of sp³-hybridized carbons (Fsp3) is 0.467. The molecule has 1 amide bonds. The average Bonchev–Trinajstić information content (AvgIpc) is 2.78. The van der Waals surface area contributed by atoms with Gasteiger partial charge in [-0.1, -0.05) is 17.7 Å². The highest BCUT2D eigenvalue weighted by Gasteiger charge is 2.29. The number of carbonyl (C=O) groups is 2. The van der Waals surface area contributed by atoms with Crippen molar-refractivity contribution >= 4 is 27.4 Å². The molecule has 120 valence electrons. The number of carbonyl (C=O) groups excluding carboxylic acids is 2. The predicted molar refractivity (Wildman–Crippen MR) is 82.1 cm³/mol. The van der Waals surface area contributed by atoms with E-state index in [1.165, 1.54) is 0 Å². The summed E-state index contributed by atoms with van der Waals surface area (Å²) in [4.78, 5) is 23.3. The second kappa shape index (κ2) is 6.91. The van der Waals surface area contributed by atoms with Crippen molar-refractivity contribution in [3.05, 3.63) is 29.8 Å². The molecule has 6 nitrogen and oxygen atoms in total. The van der Waals surface area contributed by atoms with Gasteiger partial charge in [0, 0.05) is 12.1 Å². The van der Waals surface area contributed by atoms with E-state index >= 15 is 0 Å². The van der Waals surface area contributed by atoms with E-state index in [2.05, 4.69) is 5.32 Å². The second-order valence-electron chi connectivity index (χ2n) is 5.55. The van der Waals surface area contributed by atoms with Gasteiger partial charge in [0.1, 0.15) is 0 Å². The monoisotopic (exact) mass is 325 g/mol. The minimum atomic E-state index is -3.00. The molecule has 0 spiro atoms. The number of ether oxygens (including phenoxy) is 1. The highest BCUT2D eigenvalue weighted by Crippen LogP contribution is 2.21. The van der Waals surface area contributed by atoms with Gasteiger partial charge in [-0.3, -0.25) is 9.59 Å². The molecule has 1 aliphatic heterocycles. The molecule has 0 aromatic heterocycles. The predicted octanol–water partition coefficient (Wildman–Crippen LogP) is 1.30. The van der Waals surface area contributed by atoms with Crippen LogP contribution in [-0.4, -0.2) is 38.4 Å². The Labute approximate surface area is 129 Å². The van der Waals surface area contributed by atoms with Crippen LogP contribution in [0.2, 0.25) is 0 Å². The molecule has 0 radical (unpaired) electrons. The maximum Gasteiger partial charge on any atom is 0.306 e. The summed E-state index contributed by atoms with van der Waals surface area (Å²) in [6, 6.07) is 7.25. The van der Waals surface area contributed by atoms with Crippen molar-refractivity contribution in [1.82, 2.24) is 0 Å². The number of rotatable bonds is 5.